The molecule has 1 aromatic carbocycles. The third-order valence-corrected chi connectivity index (χ3v) is 4.82. The van der Waals surface area contributed by atoms with Crippen LogP contribution >= 0.6 is 0 Å². The van der Waals surface area contributed by atoms with Crippen LogP contribution in [0, 0.1) is 11.8 Å². The Labute approximate surface area is 186 Å². The minimum atomic E-state index is -5.08. The van der Waals surface area contributed by atoms with Gasteiger partial charge in [0.05, 0.1) is 5.92 Å². The standard InChI is InChI=1S/C19H21N3O4.C2HF3O2/c23-18(16-2-1-3-17(16)19(24)22-25)21-14-4-6-15(7-5-14)26-12-13-8-10-20-11-9-13;3-2(4,5)1(6)7/h4-11,16-17,25H,1-3,12H2,(H,21,23)(H,22,24);(H,6,7)/t16-,17-;/m1./s1. The first-order valence-corrected chi connectivity index (χ1v) is 9.78. The first-order valence-electron chi connectivity index (χ1n) is 9.78. The summed E-state index contributed by atoms with van der Waals surface area (Å²) in [5.74, 6) is -3.68. The highest BCUT2D eigenvalue weighted by molar-refractivity contribution is 5.96. The molecule has 1 aliphatic carbocycles. The van der Waals surface area contributed by atoms with Crippen molar-refractivity contribution in [3.63, 3.8) is 0 Å². The van der Waals surface area contributed by atoms with Crippen LogP contribution in [0.4, 0.5) is 18.9 Å². The summed E-state index contributed by atoms with van der Waals surface area (Å²) in [7, 11) is 0. The average molecular weight is 469 g/mol. The number of halogens is 3. The highest BCUT2D eigenvalue weighted by atomic mass is 19.4. The molecule has 0 unspecified atom stereocenters. The Bertz CT molecular complexity index is 939. The number of ether oxygens (including phenoxy) is 1. The van der Waals surface area contributed by atoms with Gasteiger partial charge in [0.1, 0.15) is 12.4 Å². The zero-order valence-corrected chi connectivity index (χ0v) is 17.2. The predicted octanol–water partition coefficient (Wildman–Crippen LogP) is 3.15. The Hall–Kier alpha value is -3.67. The summed E-state index contributed by atoms with van der Waals surface area (Å²) in [6.45, 7) is 0.439. The number of carboxylic acids is 1. The van der Waals surface area contributed by atoms with E-state index < -0.39 is 29.9 Å². The number of nitrogens with zero attached hydrogens (tertiary/aromatic N) is 1. The minimum Gasteiger partial charge on any atom is -0.489 e. The number of hydrogen-bond donors (Lipinski definition) is 4. The van der Waals surface area contributed by atoms with Gasteiger partial charge in [-0.05, 0) is 54.8 Å². The molecule has 0 bridgehead atoms. The number of hydroxylamine groups is 1. The van der Waals surface area contributed by atoms with E-state index in [4.69, 9.17) is 19.8 Å². The average Bonchev–Trinajstić information content (AvgIpc) is 3.29. The lowest BCUT2D eigenvalue weighted by atomic mass is 9.94. The smallest absolute Gasteiger partial charge is 0.489 e. The molecular formula is C21H22F3N3O6. The summed E-state index contributed by atoms with van der Waals surface area (Å²) in [6, 6.07) is 10.8. The molecule has 12 heteroatoms. The molecule has 4 N–H and O–H groups in total. The van der Waals surface area contributed by atoms with Gasteiger partial charge < -0.3 is 15.2 Å². The van der Waals surface area contributed by atoms with E-state index in [9.17, 15) is 22.8 Å². The zero-order valence-electron chi connectivity index (χ0n) is 17.2. The van der Waals surface area contributed by atoms with Crippen molar-refractivity contribution in [2.75, 3.05) is 5.32 Å². The summed E-state index contributed by atoms with van der Waals surface area (Å²) in [5, 5.41) is 18.8. The molecule has 0 saturated heterocycles. The van der Waals surface area contributed by atoms with Crippen molar-refractivity contribution < 1.29 is 42.6 Å². The Morgan fingerprint density at radius 3 is 2.06 bits per heavy atom. The number of alkyl halides is 3. The molecule has 2 aromatic rings. The van der Waals surface area contributed by atoms with Crippen molar-refractivity contribution in [2.24, 2.45) is 11.8 Å². The largest absolute Gasteiger partial charge is 0.490 e. The van der Waals surface area contributed by atoms with Gasteiger partial charge in [0.25, 0.3) is 0 Å². The first-order chi connectivity index (χ1) is 15.6. The van der Waals surface area contributed by atoms with Crippen LogP contribution in [-0.2, 0) is 21.0 Å². The molecule has 0 radical (unpaired) electrons. The molecular weight excluding hydrogens is 447 g/mol. The van der Waals surface area contributed by atoms with Gasteiger partial charge >= 0.3 is 12.1 Å². The minimum absolute atomic E-state index is 0.207. The molecule has 0 spiro atoms. The maximum Gasteiger partial charge on any atom is 0.490 e. The number of benzene rings is 1. The molecule has 0 aliphatic heterocycles. The maximum absolute atomic E-state index is 12.4. The van der Waals surface area contributed by atoms with Crippen molar-refractivity contribution in [2.45, 2.75) is 32.0 Å². The van der Waals surface area contributed by atoms with Crippen LogP contribution in [-0.4, -0.2) is 39.3 Å². The number of carbonyl (C=O) groups excluding carboxylic acids is 2. The third kappa shape index (κ3) is 8.07. The van der Waals surface area contributed by atoms with Gasteiger partial charge in [-0.1, -0.05) is 6.42 Å². The zero-order chi connectivity index (χ0) is 24.4. The van der Waals surface area contributed by atoms with Gasteiger partial charge in [0.2, 0.25) is 11.8 Å². The molecule has 2 amide bonds. The van der Waals surface area contributed by atoms with E-state index in [1.807, 2.05) is 12.1 Å². The van der Waals surface area contributed by atoms with Crippen molar-refractivity contribution in [3.8, 4) is 5.75 Å². The number of amides is 2. The van der Waals surface area contributed by atoms with E-state index in [1.165, 1.54) is 0 Å². The van der Waals surface area contributed by atoms with Crippen LogP contribution in [0.5, 0.6) is 5.75 Å². The van der Waals surface area contributed by atoms with Crippen LogP contribution in [0.3, 0.4) is 0 Å². The monoisotopic (exact) mass is 469 g/mol. The molecule has 178 valence electrons. The van der Waals surface area contributed by atoms with Crippen LogP contribution in [0.1, 0.15) is 24.8 Å². The quantitative estimate of drug-likeness (QED) is 0.377. The number of hydrogen-bond acceptors (Lipinski definition) is 6. The van der Waals surface area contributed by atoms with Crippen molar-refractivity contribution in [1.29, 1.82) is 0 Å². The Morgan fingerprint density at radius 2 is 1.55 bits per heavy atom. The maximum atomic E-state index is 12.4. The molecule has 3 rings (SSSR count). The molecule has 1 saturated carbocycles. The second-order valence-electron chi connectivity index (χ2n) is 7.08. The lowest BCUT2D eigenvalue weighted by molar-refractivity contribution is -0.192. The molecule has 33 heavy (non-hydrogen) atoms. The van der Waals surface area contributed by atoms with Crippen LogP contribution in [0.25, 0.3) is 0 Å². The summed E-state index contributed by atoms with van der Waals surface area (Å²) in [4.78, 5) is 36.9. The van der Waals surface area contributed by atoms with Gasteiger partial charge in [-0.25, -0.2) is 10.3 Å². The lowest BCUT2D eigenvalue weighted by Crippen LogP contribution is -2.35. The Kier molecular flexibility index (Phi) is 9.16. The number of aliphatic carboxylic acids is 1. The second-order valence-corrected chi connectivity index (χ2v) is 7.08. The summed E-state index contributed by atoms with van der Waals surface area (Å²) in [5.41, 5.74) is 3.31. The van der Waals surface area contributed by atoms with Crippen molar-refractivity contribution in [3.05, 3.63) is 54.4 Å². The number of aromatic nitrogens is 1. The number of anilines is 1. The summed E-state index contributed by atoms with van der Waals surface area (Å²) >= 11 is 0. The molecule has 1 heterocycles. The molecule has 2 atom stereocenters. The summed E-state index contributed by atoms with van der Waals surface area (Å²) < 4.78 is 37.4. The molecule has 1 aliphatic rings. The second kappa shape index (κ2) is 11.8. The van der Waals surface area contributed by atoms with E-state index in [-0.39, 0.29) is 5.91 Å². The van der Waals surface area contributed by atoms with Crippen molar-refractivity contribution >= 4 is 23.5 Å². The molecule has 1 fully saturated rings. The fourth-order valence-corrected chi connectivity index (χ4v) is 3.19. The van der Waals surface area contributed by atoms with Gasteiger partial charge in [0.15, 0.2) is 0 Å². The van der Waals surface area contributed by atoms with Gasteiger partial charge in [-0.2, -0.15) is 13.2 Å². The molecule has 9 nitrogen and oxygen atoms in total. The highest BCUT2D eigenvalue weighted by Gasteiger charge is 2.38. The SMILES string of the molecule is O=C(NO)[C@@H]1CCC[C@H]1C(=O)Nc1ccc(OCc2ccncc2)cc1.O=C(O)C(F)(F)F. The fourth-order valence-electron chi connectivity index (χ4n) is 3.19. The fraction of sp³-hybridized carbons (Fsp3) is 0.333. The number of pyridine rings is 1. The number of carbonyl (C=O) groups is 3. The van der Waals surface area contributed by atoms with E-state index in [0.29, 0.717) is 30.9 Å². The Balaban J connectivity index is 0.000000479. The Morgan fingerprint density at radius 1 is 1.00 bits per heavy atom. The van der Waals surface area contributed by atoms with E-state index in [0.717, 1.165) is 12.0 Å². The van der Waals surface area contributed by atoms with E-state index in [1.54, 1.807) is 42.1 Å². The van der Waals surface area contributed by atoms with E-state index >= 15 is 0 Å². The van der Waals surface area contributed by atoms with Gasteiger partial charge in [0, 0.05) is 24.0 Å². The van der Waals surface area contributed by atoms with Crippen LogP contribution < -0.4 is 15.5 Å². The first kappa shape index (κ1) is 25.6. The van der Waals surface area contributed by atoms with Crippen LogP contribution in [0.2, 0.25) is 0 Å². The van der Waals surface area contributed by atoms with Gasteiger partial charge in [-0.3, -0.25) is 19.8 Å². The normalized spacial score (nSPS) is 17.3. The van der Waals surface area contributed by atoms with Crippen molar-refractivity contribution in [1.82, 2.24) is 10.5 Å². The number of rotatable bonds is 6. The predicted molar refractivity (Wildman–Crippen MR) is 108 cm³/mol. The van der Waals surface area contributed by atoms with Gasteiger partial charge in [-0.15, -0.1) is 0 Å². The number of nitrogens with one attached hydrogen (secondary N) is 2. The number of carboxylic acid groups (broad SMARTS) is 1. The van der Waals surface area contributed by atoms with E-state index in [2.05, 4.69) is 10.3 Å². The highest BCUT2D eigenvalue weighted by Crippen LogP contribution is 2.33. The lowest BCUT2D eigenvalue weighted by Gasteiger charge is -2.17. The topological polar surface area (TPSA) is 138 Å². The van der Waals surface area contributed by atoms with Crippen LogP contribution in [0.15, 0.2) is 48.8 Å². The molecule has 1 aromatic heterocycles. The summed E-state index contributed by atoms with van der Waals surface area (Å²) in [6.07, 6.45) is 0.372. The third-order valence-electron chi connectivity index (χ3n) is 4.82.